The fraction of sp³-hybridized carbons (Fsp3) is 0.231. The zero-order valence-electron chi connectivity index (χ0n) is 19.9. The standard InChI is InChI=1S/C21H22N2O4.C5H8O2/c1-16(2)21(24)27-15-14-22(3)19-10-6-17(7-11-19)4-5-18-8-12-20(13-9-18)23(25)26;1-4(2)5(6)7-3/h4-13H,1,14-15H2,2-3H3;1H2,2-3H3. The van der Waals surface area contributed by atoms with Crippen molar-refractivity contribution in [2.75, 3.05) is 32.2 Å². The summed E-state index contributed by atoms with van der Waals surface area (Å²) in [7, 11) is 3.26. The minimum Gasteiger partial charge on any atom is -0.466 e. The molecule has 0 aliphatic heterocycles. The van der Waals surface area contributed by atoms with E-state index in [9.17, 15) is 19.7 Å². The van der Waals surface area contributed by atoms with E-state index in [1.165, 1.54) is 19.2 Å². The molecule has 0 atom stereocenters. The Bertz CT molecular complexity index is 1040. The van der Waals surface area contributed by atoms with Crippen molar-refractivity contribution in [3.63, 3.8) is 0 Å². The molecule has 0 aliphatic rings. The fourth-order valence-corrected chi connectivity index (χ4v) is 2.44. The topological polar surface area (TPSA) is 99.0 Å². The molecule has 0 spiro atoms. The van der Waals surface area contributed by atoms with Crippen molar-refractivity contribution in [2.24, 2.45) is 0 Å². The quantitative estimate of drug-likeness (QED) is 0.167. The number of nitro groups is 1. The summed E-state index contributed by atoms with van der Waals surface area (Å²) in [4.78, 5) is 33.8. The van der Waals surface area contributed by atoms with Gasteiger partial charge < -0.3 is 14.4 Å². The number of likely N-dealkylation sites (N-methyl/N-ethyl adjacent to an activating group) is 1. The van der Waals surface area contributed by atoms with Gasteiger partial charge in [0.05, 0.1) is 18.6 Å². The Balaban J connectivity index is 0.000000718. The number of methoxy groups -OCH3 is 1. The van der Waals surface area contributed by atoms with Crippen molar-refractivity contribution >= 4 is 35.5 Å². The number of anilines is 1. The van der Waals surface area contributed by atoms with Gasteiger partial charge in [-0.1, -0.05) is 37.4 Å². The highest BCUT2D eigenvalue weighted by Gasteiger charge is 2.05. The molecule has 0 heterocycles. The molecule has 180 valence electrons. The van der Waals surface area contributed by atoms with Gasteiger partial charge in [0.15, 0.2) is 0 Å². The van der Waals surface area contributed by atoms with E-state index >= 15 is 0 Å². The van der Waals surface area contributed by atoms with Crippen molar-refractivity contribution in [3.8, 4) is 0 Å². The third-order valence-electron chi connectivity index (χ3n) is 4.45. The maximum absolute atomic E-state index is 11.4. The number of rotatable bonds is 9. The molecule has 2 aromatic rings. The summed E-state index contributed by atoms with van der Waals surface area (Å²) in [6.07, 6.45) is 3.85. The minimum absolute atomic E-state index is 0.0773. The third-order valence-corrected chi connectivity index (χ3v) is 4.45. The van der Waals surface area contributed by atoms with E-state index in [-0.39, 0.29) is 17.6 Å². The molecule has 2 aromatic carbocycles. The maximum atomic E-state index is 11.4. The first-order valence-electron chi connectivity index (χ1n) is 10.3. The van der Waals surface area contributed by atoms with Gasteiger partial charge in [-0.2, -0.15) is 0 Å². The number of non-ortho nitro benzene ring substituents is 1. The van der Waals surface area contributed by atoms with Gasteiger partial charge >= 0.3 is 11.9 Å². The minimum atomic E-state index is -0.414. The van der Waals surface area contributed by atoms with Crippen LogP contribution in [0.25, 0.3) is 12.2 Å². The van der Waals surface area contributed by atoms with Gasteiger partial charge in [-0.05, 0) is 49.2 Å². The summed E-state index contributed by atoms with van der Waals surface area (Å²) in [5.41, 5.74) is 3.81. The van der Waals surface area contributed by atoms with Crippen LogP contribution < -0.4 is 4.90 Å². The van der Waals surface area contributed by atoms with E-state index < -0.39 is 4.92 Å². The normalized spacial score (nSPS) is 10.0. The summed E-state index contributed by atoms with van der Waals surface area (Å²) >= 11 is 0. The molecule has 0 N–H and O–H groups in total. The van der Waals surface area contributed by atoms with Crippen molar-refractivity contribution in [1.29, 1.82) is 0 Å². The Morgan fingerprint density at radius 3 is 1.79 bits per heavy atom. The van der Waals surface area contributed by atoms with E-state index in [1.54, 1.807) is 26.0 Å². The molecule has 8 nitrogen and oxygen atoms in total. The van der Waals surface area contributed by atoms with Crippen LogP contribution in [0.5, 0.6) is 0 Å². The Hall–Kier alpha value is -4.20. The van der Waals surface area contributed by atoms with Gasteiger partial charge in [0.25, 0.3) is 5.69 Å². The summed E-state index contributed by atoms with van der Waals surface area (Å²) in [6, 6.07) is 14.3. The Kier molecular flexibility index (Phi) is 11.5. The van der Waals surface area contributed by atoms with Gasteiger partial charge in [0.1, 0.15) is 6.61 Å². The lowest BCUT2D eigenvalue weighted by molar-refractivity contribution is -0.384. The molecule has 0 unspecified atom stereocenters. The van der Waals surface area contributed by atoms with Crippen molar-refractivity contribution in [2.45, 2.75) is 13.8 Å². The highest BCUT2D eigenvalue weighted by atomic mass is 16.6. The average molecular weight is 467 g/mol. The van der Waals surface area contributed by atoms with Crippen LogP contribution in [0.2, 0.25) is 0 Å². The van der Waals surface area contributed by atoms with Crippen LogP contribution in [0.3, 0.4) is 0 Å². The van der Waals surface area contributed by atoms with Gasteiger partial charge in [-0.3, -0.25) is 10.1 Å². The molecule has 0 fully saturated rings. The van der Waals surface area contributed by atoms with E-state index in [1.807, 2.05) is 48.4 Å². The number of benzene rings is 2. The SMILES string of the molecule is C=C(C)C(=O)OC.C=C(C)C(=O)OCCN(C)c1ccc(C=Cc2ccc([N+](=O)[O-])cc2)cc1. The van der Waals surface area contributed by atoms with E-state index in [0.717, 1.165) is 16.8 Å². The van der Waals surface area contributed by atoms with Crippen LogP contribution in [0.4, 0.5) is 11.4 Å². The van der Waals surface area contributed by atoms with Crippen LogP contribution >= 0.6 is 0 Å². The van der Waals surface area contributed by atoms with Gasteiger partial charge in [0, 0.05) is 36.0 Å². The molecule has 0 aromatic heterocycles. The van der Waals surface area contributed by atoms with E-state index in [4.69, 9.17) is 4.74 Å². The second kappa shape index (κ2) is 14.1. The Labute approximate surface area is 199 Å². The first-order chi connectivity index (χ1) is 16.0. The predicted octanol–water partition coefficient (Wildman–Crippen LogP) is 5.06. The molecule has 2 rings (SSSR count). The number of carbonyl (C=O) groups is 2. The third kappa shape index (κ3) is 9.95. The molecule has 34 heavy (non-hydrogen) atoms. The number of hydrogen-bond acceptors (Lipinski definition) is 7. The lowest BCUT2D eigenvalue weighted by atomic mass is 10.1. The molecule has 0 radical (unpaired) electrons. The number of ether oxygens (including phenoxy) is 2. The molecule has 0 saturated heterocycles. The number of carbonyl (C=O) groups excluding carboxylic acids is 2. The number of esters is 2. The van der Waals surface area contributed by atoms with Crippen LogP contribution in [-0.4, -0.2) is 44.2 Å². The number of hydrogen-bond donors (Lipinski definition) is 0. The molecule has 8 heteroatoms. The van der Waals surface area contributed by atoms with Crippen molar-refractivity contribution in [1.82, 2.24) is 0 Å². The smallest absolute Gasteiger partial charge is 0.333 e. The lowest BCUT2D eigenvalue weighted by Crippen LogP contribution is -2.23. The molecular formula is C26H30N2O6. The van der Waals surface area contributed by atoms with E-state index in [0.29, 0.717) is 24.3 Å². The Morgan fingerprint density at radius 2 is 1.41 bits per heavy atom. The summed E-state index contributed by atoms with van der Waals surface area (Å²) < 4.78 is 9.37. The van der Waals surface area contributed by atoms with E-state index in [2.05, 4.69) is 17.9 Å². The Morgan fingerprint density at radius 1 is 0.941 bits per heavy atom. The first kappa shape index (κ1) is 27.8. The molecular weight excluding hydrogens is 436 g/mol. The number of nitrogens with zero attached hydrogens (tertiary/aromatic N) is 2. The van der Waals surface area contributed by atoms with Gasteiger partial charge in [-0.25, -0.2) is 9.59 Å². The maximum Gasteiger partial charge on any atom is 0.333 e. The van der Waals surface area contributed by atoms with Crippen LogP contribution in [-0.2, 0) is 19.1 Å². The second-order valence-corrected chi connectivity index (χ2v) is 7.38. The lowest BCUT2D eigenvalue weighted by Gasteiger charge is -2.19. The largest absolute Gasteiger partial charge is 0.466 e. The van der Waals surface area contributed by atoms with Crippen molar-refractivity contribution in [3.05, 3.63) is 94.1 Å². The zero-order chi connectivity index (χ0) is 25.7. The highest BCUT2D eigenvalue weighted by Crippen LogP contribution is 2.17. The molecule has 0 aliphatic carbocycles. The van der Waals surface area contributed by atoms with Crippen molar-refractivity contribution < 1.29 is 24.0 Å². The zero-order valence-corrected chi connectivity index (χ0v) is 19.9. The second-order valence-electron chi connectivity index (χ2n) is 7.38. The van der Waals surface area contributed by atoms with Gasteiger partial charge in [0.2, 0.25) is 0 Å². The molecule has 0 amide bonds. The van der Waals surface area contributed by atoms with Crippen LogP contribution in [0, 0.1) is 10.1 Å². The molecule has 0 saturated carbocycles. The first-order valence-corrected chi connectivity index (χ1v) is 10.3. The fourth-order valence-electron chi connectivity index (χ4n) is 2.44. The summed E-state index contributed by atoms with van der Waals surface area (Å²) in [5, 5.41) is 10.7. The summed E-state index contributed by atoms with van der Waals surface area (Å²) in [6.45, 7) is 11.0. The number of nitro benzene ring substituents is 1. The monoisotopic (exact) mass is 466 g/mol. The average Bonchev–Trinajstić information content (AvgIpc) is 2.82. The van der Waals surface area contributed by atoms with Crippen LogP contribution in [0.15, 0.2) is 72.8 Å². The van der Waals surface area contributed by atoms with Gasteiger partial charge in [-0.15, -0.1) is 0 Å². The predicted molar refractivity (Wildman–Crippen MR) is 134 cm³/mol. The molecule has 0 bridgehead atoms. The summed E-state index contributed by atoms with van der Waals surface area (Å²) in [5.74, 6) is -0.727. The highest BCUT2D eigenvalue weighted by molar-refractivity contribution is 5.87. The van der Waals surface area contributed by atoms with Crippen LogP contribution in [0.1, 0.15) is 25.0 Å².